The number of nitrogens with one attached hydrogen (secondary N) is 2. The Hall–Kier alpha value is -5.51. The summed E-state index contributed by atoms with van der Waals surface area (Å²) in [6.07, 6.45) is 4.66. The molecular formula is C47H60N6O9. The fourth-order valence-corrected chi connectivity index (χ4v) is 9.06. The van der Waals surface area contributed by atoms with Crippen LogP contribution < -0.4 is 10.7 Å². The van der Waals surface area contributed by atoms with E-state index in [4.69, 9.17) is 18.9 Å². The van der Waals surface area contributed by atoms with Crippen LogP contribution in [0.25, 0.3) is 33.3 Å². The molecule has 2 aromatic carbocycles. The van der Waals surface area contributed by atoms with Crippen LogP contribution in [0, 0.1) is 11.3 Å². The maximum atomic E-state index is 14.6. The van der Waals surface area contributed by atoms with Gasteiger partial charge in [-0.25, -0.2) is 10.2 Å². The van der Waals surface area contributed by atoms with Gasteiger partial charge < -0.3 is 33.9 Å². The molecule has 5 heterocycles. The number of aromatic hydroxyl groups is 1. The number of hydrogen-bond acceptors (Lipinski definition) is 11. The topological polar surface area (TPSA) is 174 Å². The third-order valence-corrected chi connectivity index (χ3v) is 12.1. The number of ether oxygens (including phenoxy) is 4. The monoisotopic (exact) mass is 852 g/mol. The van der Waals surface area contributed by atoms with Crippen molar-refractivity contribution in [1.29, 1.82) is 0 Å². The lowest BCUT2D eigenvalue weighted by Crippen LogP contribution is -2.62. The van der Waals surface area contributed by atoms with Crippen LogP contribution in [-0.4, -0.2) is 113 Å². The number of methoxy groups -OCH3 is 1. The Morgan fingerprint density at radius 1 is 1.11 bits per heavy atom. The van der Waals surface area contributed by atoms with Crippen LogP contribution in [-0.2, 0) is 59.3 Å². The van der Waals surface area contributed by atoms with Crippen molar-refractivity contribution in [2.75, 3.05) is 40.5 Å². The van der Waals surface area contributed by atoms with Crippen molar-refractivity contribution in [3.05, 3.63) is 71.5 Å². The summed E-state index contributed by atoms with van der Waals surface area (Å²) in [5.41, 5.74) is 9.77. The molecule has 6 bridgehead atoms. The predicted molar refractivity (Wildman–Crippen MR) is 233 cm³/mol. The van der Waals surface area contributed by atoms with Crippen molar-refractivity contribution >= 4 is 34.8 Å². The van der Waals surface area contributed by atoms with Crippen molar-refractivity contribution in [3.63, 3.8) is 0 Å². The first-order valence-electron chi connectivity index (χ1n) is 21.6. The number of phenols is 1. The lowest BCUT2D eigenvalue weighted by Gasteiger charge is -2.36. The highest BCUT2D eigenvalue weighted by Crippen LogP contribution is 2.41. The standard InChI is InChI=1S/C47H60N6O9/c1-8-52-40-12-11-30-22-35(40)36(42(52)37-24-48-15-13-31(37)25-59-7)23-47(4,5)27-61-45(57)38-10-9-16-53(50-38)44(56)39(20-29-18-32(30)21-33(54)19-29)49-43(55)41(28(2)3)51(6)46(58)62-34-14-17-60-26-34/h11-13,15,18-19,21-22,24,28,34,38-39,41,50,54H,8-10,14,16-17,20,23,25-27H2,1-7H3,(H,49,55)/t34?,38-,39-,41-/m0/s1. The number of cyclic esters (lactones) is 1. The molecule has 0 aliphatic carbocycles. The van der Waals surface area contributed by atoms with Crippen LogP contribution in [0.1, 0.15) is 70.6 Å². The van der Waals surface area contributed by atoms with Crippen molar-refractivity contribution in [1.82, 2.24) is 30.2 Å². The number of carbonyl (C=O) groups excluding carboxylic acids is 4. The lowest BCUT2D eigenvalue weighted by atomic mass is 9.84. The minimum atomic E-state index is -1.15. The van der Waals surface area contributed by atoms with Gasteiger partial charge in [-0.1, -0.05) is 39.8 Å². The Morgan fingerprint density at radius 2 is 1.92 bits per heavy atom. The maximum Gasteiger partial charge on any atom is 0.410 e. The first-order chi connectivity index (χ1) is 29.7. The second kappa shape index (κ2) is 18.9. The predicted octanol–water partition coefficient (Wildman–Crippen LogP) is 5.77. The van der Waals surface area contributed by atoms with E-state index in [9.17, 15) is 24.3 Å². The van der Waals surface area contributed by atoms with Gasteiger partial charge >= 0.3 is 12.1 Å². The average molecular weight is 853 g/mol. The van der Waals surface area contributed by atoms with E-state index in [-0.39, 0.29) is 31.2 Å². The SMILES string of the molecule is CCn1c(-c2cnccc2COC)c2c3cc(ccc31)-c1cc(O)cc(c1)C[C@H](NC(=O)[C@H](C(C)C)N(C)C(=O)OC1CCOC1)C(=O)N1CCC[C@H](N1)C(=O)OCC(C)(C)C2. The minimum absolute atomic E-state index is 0.00101. The van der Waals surface area contributed by atoms with Gasteiger partial charge in [0, 0.05) is 74.4 Å². The van der Waals surface area contributed by atoms with Crippen LogP contribution in [0.15, 0.2) is 54.9 Å². The first kappa shape index (κ1) is 44.5. The van der Waals surface area contributed by atoms with E-state index >= 15 is 0 Å². The molecule has 62 heavy (non-hydrogen) atoms. The van der Waals surface area contributed by atoms with Crippen LogP contribution in [0.5, 0.6) is 5.75 Å². The molecule has 0 spiro atoms. The molecule has 332 valence electrons. The van der Waals surface area contributed by atoms with Crippen LogP contribution in [0.2, 0.25) is 0 Å². The molecule has 4 atom stereocenters. The number of benzene rings is 2. The molecule has 15 heteroatoms. The number of likely N-dealkylation sites (N-methyl/N-ethyl adjacent to an activating group) is 1. The number of nitrogens with zero attached hydrogens (tertiary/aromatic N) is 4. The number of fused-ring (bicyclic) bond motifs is 6. The summed E-state index contributed by atoms with van der Waals surface area (Å²) in [7, 11) is 3.18. The van der Waals surface area contributed by atoms with E-state index in [1.54, 1.807) is 25.4 Å². The highest BCUT2D eigenvalue weighted by atomic mass is 16.6. The second-order valence-corrected chi connectivity index (χ2v) is 17.9. The molecular weight excluding hydrogens is 793 g/mol. The fourth-order valence-electron chi connectivity index (χ4n) is 9.06. The fraction of sp³-hybridized carbons (Fsp3) is 0.511. The van der Waals surface area contributed by atoms with E-state index in [2.05, 4.69) is 53.2 Å². The molecule has 7 rings (SSSR count). The number of hydrogen-bond donors (Lipinski definition) is 3. The van der Waals surface area contributed by atoms with Gasteiger partial charge in [0.15, 0.2) is 0 Å². The number of rotatable bonds is 9. The van der Waals surface area contributed by atoms with Gasteiger partial charge in [-0.05, 0) is 90.3 Å². The second-order valence-electron chi connectivity index (χ2n) is 17.9. The lowest BCUT2D eigenvalue weighted by molar-refractivity contribution is -0.155. The number of hydrazine groups is 1. The van der Waals surface area contributed by atoms with Crippen LogP contribution in [0.3, 0.4) is 0 Å². The van der Waals surface area contributed by atoms with E-state index in [0.717, 1.165) is 44.4 Å². The number of phenolic OH excluding ortho intramolecular Hbond substituents is 1. The number of aromatic nitrogens is 2. The summed E-state index contributed by atoms with van der Waals surface area (Å²) in [6.45, 7) is 12.1. The molecule has 2 fully saturated rings. The van der Waals surface area contributed by atoms with Gasteiger partial charge in [0.1, 0.15) is 30.0 Å². The maximum absolute atomic E-state index is 14.6. The van der Waals surface area contributed by atoms with Gasteiger partial charge in [-0.15, -0.1) is 0 Å². The summed E-state index contributed by atoms with van der Waals surface area (Å²) >= 11 is 0. The van der Waals surface area contributed by atoms with Crippen LogP contribution >= 0.6 is 0 Å². The zero-order valence-corrected chi connectivity index (χ0v) is 36.9. The van der Waals surface area contributed by atoms with E-state index in [1.807, 2.05) is 38.2 Å². The normalized spacial score (nSPS) is 21.0. The van der Waals surface area contributed by atoms with Gasteiger partial charge in [0.25, 0.3) is 5.91 Å². The molecule has 2 aromatic heterocycles. The third-order valence-electron chi connectivity index (χ3n) is 12.1. The van der Waals surface area contributed by atoms with Crippen molar-refractivity contribution < 1.29 is 43.2 Å². The Labute approximate surface area is 363 Å². The number of carbonyl (C=O) groups is 4. The van der Waals surface area contributed by atoms with Crippen molar-refractivity contribution in [2.24, 2.45) is 11.3 Å². The quantitative estimate of drug-likeness (QED) is 0.175. The molecule has 0 radical (unpaired) electrons. The Kier molecular flexibility index (Phi) is 13.5. The highest BCUT2D eigenvalue weighted by Gasteiger charge is 2.38. The molecule has 3 aliphatic heterocycles. The summed E-state index contributed by atoms with van der Waals surface area (Å²) in [4.78, 5) is 61.8. The Morgan fingerprint density at radius 3 is 2.65 bits per heavy atom. The number of esters is 1. The zero-order chi connectivity index (χ0) is 44.3. The van der Waals surface area contributed by atoms with Crippen molar-refractivity contribution in [2.45, 2.75) is 104 Å². The van der Waals surface area contributed by atoms with E-state index in [0.29, 0.717) is 57.6 Å². The first-order valence-corrected chi connectivity index (χ1v) is 21.6. The number of aryl methyl sites for hydroxylation is 1. The van der Waals surface area contributed by atoms with Crippen LogP contribution in [0.4, 0.5) is 4.79 Å². The molecule has 0 saturated carbocycles. The Balaban J connectivity index is 1.32. The highest BCUT2D eigenvalue weighted by molar-refractivity contribution is 5.96. The van der Waals surface area contributed by atoms with Gasteiger partial charge in [0.2, 0.25) is 5.91 Å². The smallest absolute Gasteiger partial charge is 0.410 e. The van der Waals surface area contributed by atoms with E-state index in [1.165, 1.54) is 17.0 Å². The number of amides is 3. The number of pyridine rings is 1. The van der Waals surface area contributed by atoms with Gasteiger partial charge in [-0.3, -0.25) is 29.3 Å². The minimum Gasteiger partial charge on any atom is -0.508 e. The average Bonchev–Trinajstić information content (AvgIpc) is 3.87. The Bertz CT molecular complexity index is 2300. The molecule has 3 amide bonds. The largest absolute Gasteiger partial charge is 0.508 e. The zero-order valence-electron chi connectivity index (χ0n) is 36.9. The summed E-state index contributed by atoms with van der Waals surface area (Å²) in [5.74, 6) is -1.85. The summed E-state index contributed by atoms with van der Waals surface area (Å²) in [6, 6.07) is 10.5. The molecule has 2 saturated heterocycles. The van der Waals surface area contributed by atoms with Gasteiger partial charge in [-0.2, -0.15) is 0 Å². The third kappa shape index (κ3) is 9.59. The molecule has 3 N–H and O–H groups in total. The molecule has 15 nitrogen and oxygen atoms in total. The summed E-state index contributed by atoms with van der Waals surface area (Å²) in [5, 5.41) is 16.6. The van der Waals surface area contributed by atoms with Gasteiger partial charge in [0.05, 0.1) is 32.1 Å². The molecule has 1 unspecified atom stereocenters. The molecule has 4 aromatic rings. The molecule has 3 aliphatic rings. The summed E-state index contributed by atoms with van der Waals surface area (Å²) < 4.78 is 25.0. The van der Waals surface area contributed by atoms with Crippen molar-refractivity contribution in [3.8, 4) is 28.1 Å². The van der Waals surface area contributed by atoms with E-state index < -0.39 is 53.5 Å².